The summed E-state index contributed by atoms with van der Waals surface area (Å²) in [5.74, 6) is -33.0. The van der Waals surface area contributed by atoms with Gasteiger partial charge in [-0.05, 0) is 42.8 Å². The first-order valence-corrected chi connectivity index (χ1v) is 13.5. The molecule has 0 radical (unpaired) electrons. The zero-order chi connectivity index (χ0) is 35.8. The van der Waals surface area contributed by atoms with Gasteiger partial charge in [0, 0.05) is 0 Å². The van der Waals surface area contributed by atoms with Crippen LogP contribution in [0.5, 0.6) is 17.2 Å². The Kier molecular flexibility index (Phi) is 12.4. The molecule has 0 aliphatic carbocycles. The van der Waals surface area contributed by atoms with Crippen molar-refractivity contribution in [3.8, 4) is 29.4 Å². The van der Waals surface area contributed by atoms with Crippen LogP contribution in [0.15, 0.2) is 36.4 Å². The zero-order valence-corrected chi connectivity index (χ0v) is 24.1. The van der Waals surface area contributed by atoms with Crippen molar-refractivity contribution in [1.82, 2.24) is 0 Å². The second kappa shape index (κ2) is 15.0. The quantitative estimate of drug-likeness (QED) is 0.0754. The van der Waals surface area contributed by atoms with Crippen molar-refractivity contribution >= 4 is 5.97 Å². The molecule has 0 saturated heterocycles. The highest BCUT2D eigenvalue weighted by molar-refractivity contribution is 5.91. The molecule has 258 valence electrons. The molecule has 1 atom stereocenters. The monoisotopic (exact) mass is 692 g/mol. The van der Waals surface area contributed by atoms with Crippen molar-refractivity contribution in [3.05, 3.63) is 53.1 Å². The lowest BCUT2D eigenvalue weighted by atomic mass is 9.98. The highest BCUT2D eigenvalue weighted by Gasteiger charge is 2.88. The summed E-state index contributed by atoms with van der Waals surface area (Å²) in [5, 5.41) is 19.1. The lowest BCUT2D eigenvalue weighted by molar-refractivity contribution is -0.432. The number of benzene rings is 2. The molecule has 0 aliphatic rings. The van der Waals surface area contributed by atoms with E-state index >= 15 is 0 Å². The number of rotatable bonds is 16. The minimum absolute atomic E-state index is 0.0296. The predicted molar refractivity (Wildman–Crippen MR) is 138 cm³/mol. The van der Waals surface area contributed by atoms with Gasteiger partial charge in [-0.1, -0.05) is 39.0 Å². The highest BCUT2D eigenvalue weighted by atomic mass is 19.4. The molecule has 2 rings (SSSR count). The molecule has 18 heteroatoms. The highest BCUT2D eigenvalue weighted by Crippen LogP contribution is 2.58. The van der Waals surface area contributed by atoms with Crippen LogP contribution in [-0.4, -0.2) is 48.8 Å². The van der Waals surface area contributed by atoms with Crippen LogP contribution in [0, 0.1) is 22.7 Å². The molecule has 0 bridgehead atoms. The van der Waals surface area contributed by atoms with Gasteiger partial charge < -0.3 is 14.2 Å². The fourth-order valence-electron chi connectivity index (χ4n) is 3.81. The van der Waals surface area contributed by atoms with Crippen molar-refractivity contribution in [2.75, 3.05) is 6.61 Å². The molecular weight excluding hydrogens is 668 g/mol. The van der Waals surface area contributed by atoms with Gasteiger partial charge in [0.25, 0.3) is 0 Å². The predicted octanol–water partition coefficient (Wildman–Crippen LogP) is 9.17. The van der Waals surface area contributed by atoms with Gasteiger partial charge in [-0.3, -0.25) is 0 Å². The summed E-state index contributed by atoms with van der Waals surface area (Å²) in [5.41, 5.74) is -1.16. The molecule has 0 N–H and O–H groups in total. The number of carbonyl (C=O) groups is 1. The fraction of sp³-hybridized carbons (Fsp3) is 0.483. The maximum absolute atomic E-state index is 14.0. The summed E-state index contributed by atoms with van der Waals surface area (Å²) in [7, 11) is 0. The maximum Gasteiger partial charge on any atom is 0.460 e. The smallest absolute Gasteiger partial charge is 0.460 e. The van der Waals surface area contributed by atoms with Crippen LogP contribution in [0.3, 0.4) is 0 Å². The molecule has 2 aromatic carbocycles. The standard InChI is InChI=1S/C29H24F12N2O4/c1-2-3-4-5-6-7-14-45-21-12-13-22(20(16-43)19(21)15-42)47-23(44)17-8-10-18(11-9-17)46-24(30)25(31,32)26(33,34)27(35,36)28(37,38)29(39,40)41/h8-13,24H,2-7,14H2,1H3. The van der Waals surface area contributed by atoms with Gasteiger partial charge in [0.15, 0.2) is 5.75 Å². The average molecular weight is 692 g/mol. The van der Waals surface area contributed by atoms with E-state index in [0.717, 1.165) is 38.2 Å². The molecule has 0 fully saturated rings. The van der Waals surface area contributed by atoms with E-state index in [-0.39, 0.29) is 17.9 Å². The van der Waals surface area contributed by atoms with Gasteiger partial charge >= 0.3 is 42.2 Å². The van der Waals surface area contributed by atoms with Crippen molar-refractivity contribution < 1.29 is 71.7 Å². The van der Waals surface area contributed by atoms with Gasteiger partial charge in [-0.25, -0.2) is 4.79 Å². The van der Waals surface area contributed by atoms with E-state index in [1.807, 2.05) is 0 Å². The van der Waals surface area contributed by atoms with E-state index in [0.29, 0.717) is 30.7 Å². The Morgan fingerprint density at radius 1 is 0.723 bits per heavy atom. The first-order chi connectivity index (χ1) is 21.7. The number of halogens is 12. The van der Waals surface area contributed by atoms with Crippen LogP contribution < -0.4 is 14.2 Å². The molecule has 0 aromatic heterocycles. The Balaban J connectivity index is 2.16. The van der Waals surface area contributed by atoms with Crippen LogP contribution in [0.1, 0.15) is 66.9 Å². The van der Waals surface area contributed by atoms with Crippen LogP contribution in [-0.2, 0) is 0 Å². The Bertz CT molecular complexity index is 1470. The number of alkyl halides is 12. The van der Waals surface area contributed by atoms with E-state index in [4.69, 9.17) is 9.47 Å². The van der Waals surface area contributed by atoms with Crippen molar-refractivity contribution in [3.63, 3.8) is 0 Å². The van der Waals surface area contributed by atoms with Gasteiger partial charge in [-0.15, -0.1) is 0 Å². The van der Waals surface area contributed by atoms with Crippen molar-refractivity contribution in [1.29, 1.82) is 10.5 Å². The van der Waals surface area contributed by atoms with E-state index < -0.39 is 64.8 Å². The van der Waals surface area contributed by atoms with Crippen LogP contribution in [0.4, 0.5) is 52.7 Å². The number of nitrogens with zero attached hydrogens (tertiary/aromatic N) is 2. The normalized spacial score (nSPS) is 13.3. The molecule has 0 saturated carbocycles. The number of hydrogen-bond acceptors (Lipinski definition) is 6. The van der Waals surface area contributed by atoms with E-state index in [2.05, 4.69) is 11.7 Å². The Morgan fingerprint density at radius 3 is 1.77 bits per heavy atom. The molecule has 0 spiro atoms. The third-order valence-electron chi connectivity index (χ3n) is 6.49. The summed E-state index contributed by atoms with van der Waals surface area (Å²) >= 11 is 0. The maximum atomic E-state index is 14.0. The number of ether oxygens (including phenoxy) is 3. The fourth-order valence-corrected chi connectivity index (χ4v) is 3.81. The first kappa shape index (κ1) is 38.8. The van der Waals surface area contributed by atoms with Crippen molar-refractivity contribution in [2.24, 2.45) is 0 Å². The van der Waals surface area contributed by atoms with Gasteiger partial charge in [0.05, 0.1) is 12.2 Å². The Labute approximate surface area is 259 Å². The first-order valence-electron chi connectivity index (χ1n) is 13.5. The summed E-state index contributed by atoms with van der Waals surface area (Å²) in [6, 6.07) is 7.98. The summed E-state index contributed by atoms with van der Waals surface area (Å²) < 4.78 is 173. The second-order valence-corrected chi connectivity index (χ2v) is 9.84. The SMILES string of the molecule is CCCCCCCCOc1ccc(OC(=O)c2ccc(OC(F)C(F)(F)C(F)(F)C(F)(F)C(F)(F)C(F)(F)F)cc2)c(C#N)c1C#N. The number of hydrogen-bond donors (Lipinski definition) is 0. The second-order valence-electron chi connectivity index (χ2n) is 9.84. The van der Waals surface area contributed by atoms with Crippen LogP contribution in [0.25, 0.3) is 0 Å². The molecule has 2 aromatic rings. The van der Waals surface area contributed by atoms with E-state index in [1.54, 1.807) is 12.1 Å². The van der Waals surface area contributed by atoms with E-state index in [9.17, 15) is 68.0 Å². The third kappa shape index (κ3) is 8.15. The van der Waals surface area contributed by atoms with Gasteiger partial charge in [0.2, 0.25) is 0 Å². The number of unbranched alkanes of at least 4 members (excludes halogenated alkanes) is 5. The molecule has 0 aliphatic heterocycles. The molecular formula is C29H24F12N2O4. The molecule has 0 heterocycles. The lowest BCUT2D eigenvalue weighted by Gasteiger charge is -2.37. The van der Waals surface area contributed by atoms with Gasteiger partial charge in [0.1, 0.15) is 34.8 Å². The van der Waals surface area contributed by atoms with Gasteiger partial charge in [-0.2, -0.15) is 63.2 Å². The lowest BCUT2D eigenvalue weighted by Crippen LogP contribution is -2.68. The minimum Gasteiger partial charge on any atom is -0.492 e. The third-order valence-corrected chi connectivity index (χ3v) is 6.49. The van der Waals surface area contributed by atoms with Crippen molar-refractivity contribution in [2.45, 2.75) is 81.7 Å². The Morgan fingerprint density at radius 2 is 1.23 bits per heavy atom. The minimum atomic E-state index is -7.82. The number of nitriles is 2. The summed E-state index contributed by atoms with van der Waals surface area (Å²) in [6.45, 7) is 2.30. The van der Waals surface area contributed by atoms with Crippen LogP contribution in [0.2, 0.25) is 0 Å². The summed E-state index contributed by atoms with van der Waals surface area (Å²) in [6.07, 6.45) is -6.58. The zero-order valence-electron chi connectivity index (χ0n) is 24.1. The molecule has 1 unspecified atom stereocenters. The molecule has 6 nitrogen and oxygen atoms in total. The Hall–Kier alpha value is -4.35. The molecule has 47 heavy (non-hydrogen) atoms. The molecule has 0 amide bonds. The average Bonchev–Trinajstić information content (AvgIpc) is 3.00. The van der Waals surface area contributed by atoms with E-state index in [1.165, 1.54) is 6.07 Å². The largest absolute Gasteiger partial charge is 0.492 e. The van der Waals surface area contributed by atoms with Crippen LogP contribution >= 0.6 is 0 Å². The topological polar surface area (TPSA) is 92.3 Å². The summed E-state index contributed by atoms with van der Waals surface area (Å²) in [4.78, 5) is 12.6. The number of carbonyl (C=O) groups excluding carboxylic acids is 1. The number of esters is 1.